The summed E-state index contributed by atoms with van der Waals surface area (Å²) in [5.41, 5.74) is 0.256. The molecule has 10 unspecified atom stereocenters. The molecule has 0 N–H and O–H groups in total. The summed E-state index contributed by atoms with van der Waals surface area (Å²) < 4.78 is 19.3. The van der Waals surface area contributed by atoms with Crippen LogP contribution in [0.1, 0.15) is 70.8 Å². The van der Waals surface area contributed by atoms with Gasteiger partial charge in [-0.15, -0.1) is 0 Å². The Hall–Kier alpha value is -1.89. The Labute approximate surface area is 197 Å². The van der Waals surface area contributed by atoms with Crippen molar-refractivity contribution in [2.75, 3.05) is 6.61 Å². The van der Waals surface area contributed by atoms with Gasteiger partial charge in [0.2, 0.25) is 0 Å². The molecule has 5 aliphatic rings. The van der Waals surface area contributed by atoms with Crippen molar-refractivity contribution in [1.82, 2.24) is 0 Å². The van der Waals surface area contributed by atoms with Gasteiger partial charge < -0.3 is 4.74 Å². The average molecular weight is 450 g/mol. The first-order chi connectivity index (χ1) is 15.9. The number of hydrogen-bond acceptors (Lipinski definition) is 3. The van der Waals surface area contributed by atoms with Crippen molar-refractivity contribution in [3.63, 3.8) is 0 Å². The first kappa shape index (κ1) is 21.6. The molecular formula is C29H36FNO2. The van der Waals surface area contributed by atoms with Crippen LogP contribution < -0.4 is 4.74 Å². The molecular weight excluding hydrogens is 413 g/mol. The lowest BCUT2D eigenvalue weighted by molar-refractivity contribution is -0.135. The number of rotatable bonds is 4. The van der Waals surface area contributed by atoms with Gasteiger partial charge in [0.05, 0.1) is 5.56 Å². The molecule has 0 bridgehead atoms. The van der Waals surface area contributed by atoms with E-state index < -0.39 is 5.82 Å². The summed E-state index contributed by atoms with van der Waals surface area (Å²) >= 11 is 0. The van der Waals surface area contributed by atoms with Crippen molar-refractivity contribution in [1.29, 1.82) is 5.26 Å². The summed E-state index contributed by atoms with van der Waals surface area (Å²) in [6, 6.07) is 5.91. The van der Waals surface area contributed by atoms with Gasteiger partial charge in [-0.25, -0.2) is 4.39 Å². The van der Waals surface area contributed by atoms with E-state index in [1.165, 1.54) is 69.6 Å². The second-order valence-electron chi connectivity index (χ2n) is 12.4. The Balaban J connectivity index is 1.19. The molecule has 33 heavy (non-hydrogen) atoms. The third kappa shape index (κ3) is 3.36. The molecule has 5 aliphatic carbocycles. The van der Waals surface area contributed by atoms with Crippen molar-refractivity contribution in [3.8, 4) is 11.8 Å². The van der Waals surface area contributed by atoms with Gasteiger partial charge in [-0.2, -0.15) is 5.26 Å². The molecule has 5 saturated carbocycles. The molecule has 176 valence electrons. The Bertz CT molecular complexity index is 1000. The molecule has 0 radical (unpaired) electrons. The fourth-order valence-electron chi connectivity index (χ4n) is 9.61. The molecule has 0 amide bonds. The van der Waals surface area contributed by atoms with E-state index in [2.05, 4.69) is 13.8 Å². The number of carbonyl (C=O) groups excluding carboxylic acids is 1. The normalized spacial score (nSPS) is 45.1. The lowest BCUT2D eigenvalue weighted by Crippen LogP contribution is -2.51. The van der Waals surface area contributed by atoms with Crippen LogP contribution in [-0.2, 0) is 4.79 Å². The monoisotopic (exact) mass is 449 g/mol. The minimum absolute atomic E-state index is 0.00675. The fourth-order valence-corrected chi connectivity index (χ4v) is 9.61. The molecule has 1 aromatic carbocycles. The number of fused-ring (bicyclic) bond motifs is 7. The van der Waals surface area contributed by atoms with Gasteiger partial charge >= 0.3 is 0 Å². The Morgan fingerprint density at radius 3 is 2.73 bits per heavy atom. The lowest BCUT2D eigenvalue weighted by atomic mass is 9.48. The van der Waals surface area contributed by atoms with Crippen LogP contribution in [0.3, 0.4) is 0 Å². The predicted octanol–water partition coefficient (Wildman–Crippen LogP) is 6.41. The van der Waals surface area contributed by atoms with Crippen LogP contribution in [0.4, 0.5) is 4.39 Å². The standard InChI is InChI=1S/C29H36FNO2/c1-16-3-6-20-17(11-16)4-7-22-21(20)9-10-29(2)27(22)23-13-24(23)28(29)25(32)15-33-26-8-5-19(30)12-18(26)14-31/h5,8,12,16-17,20-24,27-28H,3-4,6-7,9-11,13,15H2,1-2H3. The van der Waals surface area contributed by atoms with Gasteiger partial charge in [0.15, 0.2) is 5.78 Å². The van der Waals surface area contributed by atoms with E-state index in [4.69, 9.17) is 4.74 Å². The van der Waals surface area contributed by atoms with E-state index in [1.807, 2.05) is 6.07 Å². The van der Waals surface area contributed by atoms with Crippen LogP contribution in [0.25, 0.3) is 0 Å². The van der Waals surface area contributed by atoms with Crippen LogP contribution in [0.2, 0.25) is 0 Å². The summed E-state index contributed by atoms with van der Waals surface area (Å²) in [7, 11) is 0. The molecule has 10 atom stereocenters. The third-order valence-electron chi connectivity index (χ3n) is 10.8. The SMILES string of the molecule is CC1CCC2C(CCC3C2CCC2(C)C(C(=O)COc4ccc(F)cc4C#N)C4CC4C32)C1. The molecule has 0 aromatic heterocycles. The predicted molar refractivity (Wildman–Crippen MR) is 124 cm³/mol. The van der Waals surface area contributed by atoms with Gasteiger partial charge in [-0.05, 0) is 116 Å². The van der Waals surface area contributed by atoms with Gasteiger partial charge in [-0.3, -0.25) is 4.79 Å². The number of nitriles is 1. The highest BCUT2D eigenvalue weighted by Gasteiger charge is 2.70. The summed E-state index contributed by atoms with van der Waals surface area (Å²) in [5, 5.41) is 9.29. The molecule has 0 aliphatic heterocycles. The zero-order chi connectivity index (χ0) is 22.9. The average Bonchev–Trinajstić information content (AvgIpc) is 3.51. The first-order valence-corrected chi connectivity index (χ1v) is 13.3. The summed E-state index contributed by atoms with van der Waals surface area (Å²) in [6.45, 7) is 4.85. The fraction of sp³-hybridized carbons (Fsp3) is 0.724. The zero-order valence-electron chi connectivity index (χ0n) is 19.9. The second-order valence-corrected chi connectivity index (χ2v) is 12.4. The number of ether oxygens (including phenoxy) is 1. The maximum Gasteiger partial charge on any atom is 0.174 e. The number of nitrogens with zero attached hydrogens (tertiary/aromatic N) is 1. The van der Waals surface area contributed by atoms with E-state index in [1.54, 1.807) is 0 Å². The number of ketones is 1. The molecule has 6 rings (SSSR count). The molecule has 0 spiro atoms. The highest BCUT2D eigenvalue weighted by Crippen LogP contribution is 2.74. The van der Waals surface area contributed by atoms with E-state index >= 15 is 0 Å². The summed E-state index contributed by atoms with van der Waals surface area (Å²) in [6.07, 6.45) is 10.8. The molecule has 1 aromatic rings. The van der Waals surface area contributed by atoms with E-state index in [-0.39, 0.29) is 29.3 Å². The molecule has 5 fully saturated rings. The molecule has 4 heteroatoms. The van der Waals surface area contributed by atoms with E-state index in [0.717, 1.165) is 35.5 Å². The second kappa shape index (κ2) is 7.82. The number of hydrogen-bond donors (Lipinski definition) is 0. The van der Waals surface area contributed by atoms with Crippen LogP contribution in [-0.4, -0.2) is 12.4 Å². The number of halogens is 1. The smallest absolute Gasteiger partial charge is 0.174 e. The first-order valence-electron chi connectivity index (χ1n) is 13.3. The molecule has 0 saturated heterocycles. The van der Waals surface area contributed by atoms with Gasteiger partial charge in [0, 0.05) is 5.92 Å². The van der Waals surface area contributed by atoms with E-state index in [0.29, 0.717) is 17.6 Å². The minimum atomic E-state index is -0.462. The van der Waals surface area contributed by atoms with Crippen LogP contribution in [0, 0.1) is 75.8 Å². The lowest BCUT2D eigenvalue weighted by Gasteiger charge is -2.57. The maximum atomic E-state index is 13.5. The molecule has 3 nitrogen and oxygen atoms in total. The van der Waals surface area contributed by atoms with E-state index in [9.17, 15) is 14.4 Å². The summed E-state index contributed by atoms with van der Waals surface area (Å²) in [5.74, 6) is 6.59. The van der Waals surface area contributed by atoms with Crippen molar-refractivity contribution in [3.05, 3.63) is 29.6 Å². The Kier molecular flexibility index (Phi) is 5.13. The van der Waals surface area contributed by atoms with Crippen molar-refractivity contribution >= 4 is 5.78 Å². The largest absolute Gasteiger partial charge is 0.484 e. The maximum absolute atomic E-state index is 13.5. The number of Topliss-reactive ketones (excluding diaryl/α,β-unsaturated/α-hetero) is 1. The summed E-state index contributed by atoms with van der Waals surface area (Å²) in [4.78, 5) is 13.5. The van der Waals surface area contributed by atoms with Crippen molar-refractivity contribution in [2.24, 2.45) is 58.7 Å². The van der Waals surface area contributed by atoms with Gasteiger partial charge in [0.25, 0.3) is 0 Å². The van der Waals surface area contributed by atoms with Gasteiger partial charge in [-0.1, -0.05) is 20.3 Å². The third-order valence-corrected chi connectivity index (χ3v) is 10.8. The van der Waals surface area contributed by atoms with Crippen molar-refractivity contribution < 1.29 is 13.9 Å². The topological polar surface area (TPSA) is 50.1 Å². The van der Waals surface area contributed by atoms with Gasteiger partial charge in [0.1, 0.15) is 24.2 Å². The number of benzene rings is 1. The Morgan fingerprint density at radius 1 is 1.09 bits per heavy atom. The number of carbonyl (C=O) groups is 1. The van der Waals surface area contributed by atoms with Crippen LogP contribution in [0.5, 0.6) is 5.75 Å². The highest BCUT2D eigenvalue weighted by atomic mass is 19.1. The van der Waals surface area contributed by atoms with Crippen LogP contribution >= 0.6 is 0 Å². The quantitative estimate of drug-likeness (QED) is 0.534. The minimum Gasteiger partial charge on any atom is -0.484 e. The Morgan fingerprint density at radius 2 is 1.91 bits per heavy atom. The molecule has 0 heterocycles. The zero-order valence-corrected chi connectivity index (χ0v) is 19.9. The van der Waals surface area contributed by atoms with Crippen molar-refractivity contribution in [2.45, 2.75) is 65.2 Å². The highest BCUT2D eigenvalue weighted by molar-refractivity contribution is 5.84. The van der Waals surface area contributed by atoms with Crippen LogP contribution in [0.15, 0.2) is 18.2 Å².